The van der Waals surface area contributed by atoms with Crippen LogP contribution in [0.25, 0.3) is 0 Å². The Balaban J connectivity index is 2.50. The van der Waals surface area contributed by atoms with Crippen LogP contribution in [-0.4, -0.2) is 42.1 Å². The first-order chi connectivity index (χ1) is 6.29. The zero-order chi connectivity index (χ0) is 9.68. The fourth-order valence-corrected chi connectivity index (χ4v) is 1.92. The molecule has 0 aromatic carbocycles. The Morgan fingerprint density at radius 3 is 2.62 bits per heavy atom. The van der Waals surface area contributed by atoms with Gasteiger partial charge in [0.1, 0.15) is 6.04 Å². The van der Waals surface area contributed by atoms with Crippen molar-refractivity contribution in [3.8, 4) is 6.07 Å². The third kappa shape index (κ3) is 2.94. The Labute approximate surface area is 87.8 Å². The lowest BCUT2D eigenvalue weighted by atomic mass is 10.1. The van der Waals surface area contributed by atoms with Gasteiger partial charge in [-0.25, -0.2) is 0 Å². The lowest BCUT2D eigenvalue weighted by molar-refractivity contribution is 0.0268. The molecular weight excluding hydrogens is 232 g/mol. The predicted molar refractivity (Wildman–Crippen MR) is 54.8 cm³/mol. The van der Waals surface area contributed by atoms with Gasteiger partial charge in [-0.05, 0) is 6.42 Å². The van der Waals surface area contributed by atoms with Crippen molar-refractivity contribution in [1.82, 2.24) is 4.90 Å². The van der Waals surface area contributed by atoms with Gasteiger partial charge in [0.2, 0.25) is 0 Å². The van der Waals surface area contributed by atoms with Crippen molar-refractivity contribution in [1.29, 1.82) is 5.26 Å². The standard InChI is InChI=1S/C9H15BrN2O/c1-2-8(10)9(7-11)12-3-5-13-6-4-12/h8-9H,2-6H2,1H3. The van der Waals surface area contributed by atoms with Crippen LogP contribution in [0.1, 0.15) is 13.3 Å². The normalized spacial score (nSPS) is 23.5. The second kappa shape index (κ2) is 5.58. The zero-order valence-corrected chi connectivity index (χ0v) is 9.46. The average Bonchev–Trinajstić information content (AvgIpc) is 2.20. The van der Waals surface area contributed by atoms with Gasteiger partial charge in [-0.2, -0.15) is 5.26 Å². The van der Waals surface area contributed by atoms with Crippen molar-refractivity contribution >= 4 is 15.9 Å². The Kier molecular flexibility index (Phi) is 4.71. The van der Waals surface area contributed by atoms with Gasteiger partial charge in [-0.3, -0.25) is 4.90 Å². The summed E-state index contributed by atoms with van der Waals surface area (Å²) in [6.07, 6.45) is 0.982. The number of morpholine rings is 1. The van der Waals surface area contributed by atoms with Crippen LogP contribution in [0.5, 0.6) is 0 Å². The molecule has 0 spiro atoms. The fourth-order valence-electron chi connectivity index (χ4n) is 1.47. The van der Waals surface area contributed by atoms with E-state index in [0.29, 0.717) is 0 Å². The topological polar surface area (TPSA) is 36.3 Å². The Bertz CT molecular complexity index is 187. The molecular formula is C9H15BrN2O. The summed E-state index contributed by atoms with van der Waals surface area (Å²) in [5, 5.41) is 9.02. The first kappa shape index (κ1) is 11.0. The van der Waals surface area contributed by atoms with Crippen LogP contribution in [0.4, 0.5) is 0 Å². The maximum Gasteiger partial charge on any atom is 0.111 e. The predicted octanol–water partition coefficient (Wildman–Crippen LogP) is 1.38. The van der Waals surface area contributed by atoms with Crippen molar-refractivity contribution in [3.05, 3.63) is 0 Å². The van der Waals surface area contributed by atoms with E-state index < -0.39 is 0 Å². The number of nitrogens with zero attached hydrogens (tertiary/aromatic N) is 2. The van der Waals surface area contributed by atoms with Gasteiger partial charge < -0.3 is 4.74 Å². The largest absolute Gasteiger partial charge is 0.379 e. The number of nitriles is 1. The van der Waals surface area contributed by atoms with Crippen LogP contribution in [-0.2, 0) is 4.74 Å². The minimum Gasteiger partial charge on any atom is -0.379 e. The van der Waals surface area contributed by atoms with E-state index in [0.717, 1.165) is 32.7 Å². The van der Waals surface area contributed by atoms with E-state index >= 15 is 0 Å². The molecule has 1 fully saturated rings. The Morgan fingerprint density at radius 2 is 2.15 bits per heavy atom. The molecule has 1 aliphatic rings. The molecule has 2 atom stereocenters. The molecule has 13 heavy (non-hydrogen) atoms. The third-order valence-corrected chi connectivity index (χ3v) is 3.45. The molecule has 0 aromatic rings. The van der Waals surface area contributed by atoms with Gasteiger partial charge in [-0.15, -0.1) is 0 Å². The summed E-state index contributed by atoms with van der Waals surface area (Å²) in [6.45, 7) is 5.34. The monoisotopic (exact) mass is 246 g/mol. The number of alkyl halides is 1. The van der Waals surface area contributed by atoms with Crippen LogP contribution >= 0.6 is 15.9 Å². The second-order valence-electron chi connectivity index (χ2n) is 3.15. The SMILES string of the molecule is CCC(Br)C(C#N)N1CCOCC1. The van der Waals surface area contributed by atoms with Gasteiger partial charge >= 0.3 is 0 Å². The quantitative estimate of drug-likeness (QED) is 0.707. The summed E-state index contributed by atoms with van der Waals surface area (Å²) in [5.74, 6) is 0. The molecule has 0 saturated carbocycles. The van der Waals surface area contributed by atoms with Gasteiger partial charge in [-0.1, -0.05) is 22.9 Å². The molecule has 0 N–H and O–H groups in total. The number of hydrogen-bond acceptors (Lipinski definition) is 3. The maximum absolute atomic E-state index is 9.02. The van der Waals surface area contributed by atoms with Gasteiger partial charge in [0.25, 0.3) is 0 Å². The minimum absolute atomic E-state index is 0.00565. The molecule has 0 radical (unpaired) electrons. The smallest absolute Gasteiger partial charge is 0.111 e. The molecule has 0 amide bonds. The molecule has 3 nitrogen and oxygen atoms in total. The van der Waals surface area contributed by atoms with Crippen LogP contribution in [0.2, 0.25) is 0 Å². The number of halogens is 1. The molecule has 0 aliphatic carbocycles. The molecule has 1 aliphatic heterocycles. The van der Waals surface area contributed by atoms with Gasteiger partial charge in [0, 0.05) is 17.9 Å². The summed E-state index contributed by atoms with van der Waals surface area (Å²) < 4.78 is 5.24. The van der Waals surface area contributed by atoms with Crippen LogP contribution in [0, 0.1) is 11.3 Å². The van der Waals surface area contributed by atoms with E-state index in [1.54, 1.807) is 0 Å². The summed E-state index contributed by atoms with van der Waals surface area (Å²) in [4.78, 5) is 2.46. The highest BCUT2D eigenvalue weighted by Gasteiger charge is 2.25. The molecule has 1 rings (SSSR count). The van der Waals surface area contributed by atoms with E-state index in [-0.39, 0.29) is 10.9 Å². The van der Waals surface area contributed by atoms with Crippen LogP contribution in [0.3, 0.4) is 0 Å². The second-order valence-corrected chi connectivity index (χ2v) is 4.32. The van der Waals surface area contributed by atoms with Crippen molar-refractivity contribution in [2.75, 3.05) is 26.3 Å². The van der Waals surface area contributed by atoms with Crippen LogP contribution in [0.15, 0.2) is 0 Å². The van der Waals surface area contributed by atoms with Crippen molar-refractivity contribution in [3.63, 3.8) is 0 Å². The lowest BCUT2D eigenvalue weighted by Gasteiger charge is -2.32. The first-order valence-electron chi connectivity index (χ1n) is 4.65. The molecule has 74 valence electrons. The lowest BCUT2D eigenvalue weighted by Crippen LogP contribution is -2.46. The summed E-state index contributed by atoms with van der Waals surface area (Å²) >= 11 is 3.53. The highest BCUT2D eigenvalue weighted by Crippen LogP contribution is 2.16. The van der Waals surface area contributed by atoms with Crippen molar-refractivity contribution in [2.24, 2.45) is 0 Å². The fraction of sp³-hybridized carbons (Fsp3) is 0.889. The van der Waals surface area contributed by atoms with E-state index in [1.807, 2.05) is 0 Å². The van der Waals surface area contributed by atoms with Gasteiger partial charge in [0.15, 0.2) is 0 Å². The number of rotatable bonds is 3. The molecule has 1 heterocycles. The molecule has 0 aromatic heterocycles. The van der Waals surface area contributed by atoms with Crippen LogP contribution < -0.4 is 0 Å². The van der Waals surface area contributed by atoms with E-state index in [9.17, 15) is 0 Å². The highest BCUT2D eigenvalue weighted by molar-refractivity contribution is 9.09. The third-order valence-electron chi connectivity index (χ3n) is 2.30. The van der Waals surface area contributed by atoms with Gasteiger partial charge in [0.05, 0.1) is 19.3 Å². The first-order valence-corrected chi connectivity index (χ1v) is 5.56. The van der Waals surface area contributed by atoms with E-state index in [2.05, 4.69) is 33.8 Å². The molecule has 0 bridgehead atoms. The minimum atomic E-state index is -0.00565. The zero-order valence-electron chi connectivity index (χ0n) is 7.87. The Morgan fingerprint density at radius 1 is 1.54 bits per heavy atom. The summed E-state index contributed by atoms with van der Waals surface area (Å²) in [7, 11) is 0. The number of hydrogen-bond donors (Lipinski definition) is 0. The van der Waals surface area contributed by atoms with Crippen molar-refractivity contribution < 1.29 is 4.74 Å². The Hall–Kier alpha value is -0.110. The van der Waals surface area contributed by atoms with Crippen molar-refractivity contribution in [2.45, 2.75) is 24.2 Å². The summed E-state index contributed by atoms with van der Waals surface area (Å²) in [6, 6.07) is 2.34. The number of ether oxygens (including phenoxy) is 1. The highest BCUT2D eigenvalue weighted by atomic mass is 79.9. The molecule has 2 unspecified atom stereocenters. The maximum atomic E-state index is 9.02. The molecule has 1 saturated heterocycles. The van der Waals surface area contributed by atoms with E-state index in [1.165, 1.54) is 0 Å². The molecule has 4 heteroatoms. The summed E-state index contributed by atoms with van der Waals surface area (Å²) in [5.41, 5.74) is 0. The van der Waals surface area contributed by atoms with E-state index in [4.69, 9.17) is 10.00 Å². The average molecular weight is 247 g/mol.